The van der Waals surface area contributed by atoms with Gasteiger partial charge in [0, 0.05) is 0 Å². The van der Waals surface area contributed by atoms with E-state index in [1.165, 1.54) is 19.2 Å². The van der Waals surface area contributed by atoms with E-state index in [9.17, 15) is 0 Å². The highest BCUT2D eigenvalue weighted by Crippen LogP contribution is 2.36. The number of hydrogen-bond acceptors (Lipinski definition) is 4. The van der Waals surface area contributed by atoms with Crippen LogP contribution in [0.2, 0.25) is 0 Å². The van der Waals surface area contributed by atoms with Crippen LogP contribution in [0.5, 0.6) is 0 Å². The lowest BCUT2D eigenvalue weighted by atomic mass is 10.4. The van der Waals surface area contributed by atoms with Crippen LogP contribution in [0.15, 0.2) is 12.5 Å². The first kappa shape index (κ1) is 6.82. The largest absolute Gasteiger partial charge is 0.383 e. The van der Waals surface area contributed by atoms with Gasteiger partial charge in [0.15, 0.2) is 5.65 Å². The molecule has 1 fully saturated rings. The smallest absolute Gasteiger partial charge is 0.163 e. The van der Waals surface area contributed by atoms with Gasteiger partial charge in [-0.3, -0.25) is 0 Å². The van der Waals surface area contributed by atoms with Crippen molar-refractivity contribution in [2.75, 3.05) is 5.73 Å². The van der Waals surface area contributed by atoms with Crippen LogP contribution < -0.4 is 5.73 Å². The normalized spacial score (nSPS) is 16.6. The lowest BCUT2D eigenvalue weighted by Crippen LogP contribution is -1.98. The van der Waals surface area contributed by atoms with Crippen LogP contribution in [0.4, 0.5) is 5.82 Å². The Morgan fingerprint density at radius 1 is 1.38 bits per heavy atom. The number of nitrogens with zero attached hydrogens (tertiary/aromatic N) is 4. The monoisotopic (exact) mass is 175 g/mol. The SMILES string of the molecule is Nc1ncnc2c1cnn2C1CC1. The van der Waals surface area contributed by atoms with Crippen molar-refractivity contribution < 1.29 is 0 Å². The lowest BCUT2D eigenvalue weighted by Gasteiger charge is -1.98. The minimum atomic E-state index is 0.511. The third kappa shape index (κ3) is 0.898. The molecule has 5 heteroatoms. The van der Waals surface area contributed by atoms with E-state index in [2.05, 4.69) is 15.1 Å². The molecule has 0 aromatic carbocycles. The summed E-state index contributed by atoms with van der Waals surface area (Å²) < 4.78 is 1.94. The Bertz CT molecular complexity index is 457. The van der Waals surface area contributed by atoms with Crippen molar-refractivity contribution >= 4 is 16.9 Å². The standard InChI is InChI=1S/C8H9N5/c9-7-6-3-12-13(5-1-2-5)8(6)11-4-10-7/h3-5H,1-2H2,(H2,9,10,11). The van der Waals surface area contributed by atoms with Crippen LogP contribution in [0, 0.1) is 0 Å². The molecule has 0 saturated heterocycles. The Hall–Kier alpha value is -1.65. The van der Waals surface area contributed by atoms with Crippen LogP contribution in [-0.2, 0) is 0 Å². The molecule has 2 aromatic heterocycles. The minimum absolute atomic E-state index is 0.511. The van der Waals surface area contributed by atoms with Crippen LogP contribution in [0.1, 0.15) is 18.9 Å². The average molecular weight is 175 g/mol. The molecule has 0 atom stereocenters. The van der Waals surface area contributed by atoms with E-state index >= 15 is 0 Å². The maximum atomic E-state index is 5.69. The second-order valence-corrected chi connectivity index (χ2v) is 3.32. The van der Waals surface area contributed by atoms with Crippen molar-refractivity contribution in [2.45, 2.75) is 18.9 Å². The van der Waals surface area contributed by atoms with Gasteiger partial charge in [-0.2, -0.15) is 5.10 Å². The third-order valence-corrected chi connectivity index (χ3v) is 2.31. The molecule has 0 unspecified atom stereocenters. The summed E-state index contributed by atoms with van der Waals surface area (Å²) in [7, 11) is 0. The fourth-order valence-corrected chi connectivity index (χ4v) is 1.47. The van der Waals surface area contributed by atoms with Crippen molar-refractivity contribution in [3.63, 3.8) is 0 Å². The summed E-state index contributed by atoms with van der Waals surface area (Å²) in [6.07, 6.45) is 5.61. The zero-order chi connectivity index (χ0) is 8.84. The van der Waals surface area contributed by atoms with Gasteiger partial charge in [0.25, 0.3) is 0 Å². The molecule has 0 spiro atoms. The van der Waals surface area contributed by atoms with E-state index in [1.807, 2.05) is 4.68 Å². The van der Waals surface area contributed by atoms with E-state index < -0.39 is 0 Å². The molecular formula is C8H9N5. The summed E-state index contributed by atoms with van der Waals surface area (Å²) in [4.78, 5) is 8.09. The number of anilines is 1. The van der Waals surface area contributed by atoms with E-state index in [1.54, 1.807) is 6.20 Å². The van der Waals surface area contributed by atoms with Gasteiger partial charge in [-0.1, -0.05) is 0 Å². The number of aromatic nitrogens is 4. The maximum absolute atomic E-state index is 5.69. The molecule has 13 heavy (non-hydrogen) atoms. The van der Waals surface area contributed by atoms with Gasteiger partial charge in [0.1, 0.15) is 12.1 Å². The number of rotatable bonds is 1. The van der Waals surface area contributed by atoms with E-state index in [0.717, 1.165) is 11.0 Å². The molecule has 0 aliphatic heterocycles. The first-order valence-corrected chi connectivity index (χ1v) is 4.30. The highest BCUT2D eigenvalue weighted by Gasteiger charge is 2.26. The topological polar surface area (TPSA) is 69.6 Å². The Labute approximate surface area is 74.6 Å². The van der Waals surface area contributed by atoms with Crippen molar-refractivity contribution in [3.05, 3.63) is 12.5 Å². The van der Waals surface area contributed by atoms with E-state index in [-0.39, 0.29) is 0 Å². The Balaban J connectivity index is 2.32. The Kier molecular flexibility index (Phi) is 1.15. The first-order chi connectivity index (χ1) is 6.36. The van der Waals surface area contributed by atoms with Crippen LogP contribution in [0.3, 0.4) is 0 Å². The van der Waals surface area contributed by atoms with Gasteiger partial charge in [0.05, 0.1) is 17.6 Å². The zero-order valence-electron chi connectivity index (χ0n) is 7.01. The van der Waals surface area contributed by atoms with Crippen molar-refractivity contribution in [3.8, 4) is 0 Å². The number of fused-ring (bicyclic) bond motifs is 1. The fourth-order valence-electron chi connectivity index (χ4n) is 1.47. The summed E-state index contributed by atoms with van der Waals surface area (Å²) in [6.45, 7) is 0. The van der Waals surface area contributed by atoms with Crippen molar-refractivity contribution in [1.82, 2.24) is 19.7 Å². The molecular weight excluding hydrogens is 166 g/mol. The van der Waals surface area contributed by atoms with Crippen LogP contribution in [0.25, 0.3) is 11.0 Å². The second-order valence-electron chi connectivity index (χ2n) is 3.32. The highest BCUT2D eigenvalue weighted by atomic mass is 15.3. The molecule has 5 nitrogen and oxygen atoms in total. The molecule has 3 rings (SSSR count). The highest BCUT2D eigenvalue weighted by molar-refractivity contribution is 5.84. The molecule has 1 saturated carbocycles. The summed E-state index contributed by atoms with van der Waals surface area (Å²) in [5.41, 5.74) is 6.54. The summed E-state index contributed by atoms with van der Waals surface area (Å²) >= 11 is 0. The van der Waals surface area contributed by atoms with Crippen molar-refractivity contribution in [2.24, 2.45) is 0 Å². The molecule has 2 heterocycles. The number of nitrogen functional groups attached to an aromatic ring is 1. The Morgan fingerprint density at radius 3 is 3.00 bits per heavy atom. The first-order valence-electron chi connectivity index (χ1n) is 4.30. The predicted molar refractivity (Wildman–Crippen MR) is 48.0 cm³/mol. The number of hydrogen-bond donors (Lipinski definition) is 1. The average Bonchev–Trinajstić information content (AvgIpc) is 2.87. The van der Waals surface area contributed by atoms with Gasteiger partial charge >= 0.3 is 0 Å². The molecule has 0 radical (unpaired) electrons. The lowest BCUT2D eigenvalue weighted by molar-refractivity contribution is 0.658. The Morgan fingerprint density at radius 2 is 2.23 bits per heavy atom. The van der Waals surface area contributed by atoms with Crippen LogP contribution >= 0.6 is 0 Å². The summed E-state index contributed by atoms with van der Waals surface area (Å²) in [6, 6.07) is 0.534. The van der Waals surface area contributed by atoms with Gasteiger partial charge in [-0.05, 0) is 12.8 Å². The second kappa shape index (κ2) is 2.18. The predicted octanol–water partition coefficient (Wildman–Crippen LogP) is 0.743. The van der Waals surface area contributed by atoms with Crippen LogP contribution in [-0.4, -0.2) is 19.7 Å². The number of nitrogens with two attached hydrogens (primary N) is 1. The van der Waals surface area contributed by atoms with Gasteiger partial charge in [0.2, 0.25) is 0 Å². The molecule has 2 N–H and O–H groups in total. The van der Waals surface area contributed by atoms with Gasteiger partial charge in [-0.25, -0.2) is 14.6 Å². The molecule has 2 aromatic rings. The quantitative estimate of drug-likeness (QED) is 0.694. The molecule has 1 aliphatic rings. The summed E-state index contributed by atoms with van der Waals surface area (Å²) in [5.74, 6) is 0.511. The van der Waals surface area contributed by atoms with Gasteiger partial charge in [-0.15, -0.1) is 0 Å². The fraction of sp³-hybridized carbons (Fsp3) is 0.375. The maximum Gasteiger partial charge on any atom is 0.163 e. The molecule has 66 valence electrons. The third-order valence-electron chi connectivity index (χ3n) is 2.31. The summed E-state index contributed by atoms with van der Waals surface area (Å²) in [5, 5.41) is 5.11. The molecule has 1 aliphatic carbocycles. The van der Waals surface area contributed by atoms with Crippen molar-refractivity contribution in [1.29, 1.82) is 0 Å². The molecule has 0 amide bonds. The molecule has 0 bridgehead atoms. The zero-order valence-corrected chi connectivity index (χ0v) is 7.01. The van der Waals surface area contributed by atoms with Gasteiger partial charge < -0.3 is 5.73 Å². The van der Waals surface area contributed by atoms with E-state index in [4.69, 9.17) is 5.73 Å². The minimum Gasteiger partial charge on any atom is -0.383 e. The van der Waals surface area contributed by atoms with E-state index in [0.29, 0.717) is 11.9 Å².